The molecule has 0 bridgehead atoms. The molecule has 0 amide bonds. The van der Waals surface area contributed by atoms with E-state index in [4.69, 9.17) is 4.74 Å². The molecule has 0 aliphatic carbocycles. The maximum absolute atomic E-state index is 13.7. The van der Waals surface area contributed by atoms with Gasteiger partial charge < -0.3 is 14.3 Å². The average molecular weight is 427 g/mol. The van der Waals surface area contributed by atoms with Crippen molar-refractivity contribution in [1.82, 2.24) is 14.5 Å². The van der Waals surface area contributed by atoms with Crippen molar-refractivity contribution in [3.05, 3.63) is 104 Å². The second-order valence-corrected chi connectivity index (χ2v) is 6.91. The Morgan fingerprint density at radius 3 is 2.52 bits per heavy atom. The second kappa shape index (κ2) is 8.10. The highest BCUT2D eigenvalue weighted by Crippen LogP contribution is 2.20. The standard InChI is InChI=1S/C22H16F3N3O3/c1-31-18-11-28(10-12-7-15(23)21(25)16(24)8-12)19(27-22(18)30)9-13-3-2-4-17-14(13)5-6-20(29)26-17/h2-8,11H,9-10H2,1H3,(H,26,29). The molecule has 2 aromatic heterocycles. The number of fused-ring (bicyclic) bond motifs is 1. The predicted octanol–water partition coefficient (Wildman–Crippen LogP) is 3.15. The van der Waals surface area contributed by atoms with Crippen LogP contribution in [0, 0.1) is 17.5 Å². The number of methoxy groups -OCH3 is 1. The number of pyridine rings is 1. The minimum absolute atomic E-state index is 0.0472. The monoisotopic (exact) mass is 427 g/mol. The van der Waals surface area contributed by atoms with Crippen LogP contribution in [0.15, 0.2) is 58.3 Å². The quantitative estimate of drug-likeness (QED) is 0.497. The summed E-state index contributed by atoms with van der Waals surface area (Å²) in [5.41, 5.74) is 0.696. The first-order valence-corrected chi connectivity index (χ1v) is 9.24. The van der Waals surface area contributed by atoms with Crippen molar-refractivity contribution < 1.29 is 17.9 Å². The van der Waals surface area contributed by atoms with Crippen LogP contribution in [0.25, 0.3) is 10.9 Å². The minimum atomic E-state index is -1.55. The van der Waals surface area contributed by atoms with Crippen molar-refractivity contribution >= 4 is 10.9 Å². The van der Waals surface area contributed by atoms with Gasteiger partial charge in [0.1, 0.15) is 5.82 Å². The van der Waals surface area contributed by atoms with Crippen LogP contribution in [-0.2, 0) is 13.0 Å². The van der Waals surface area contributed by atoms with Gasteiger partial charge in [-0.3, -0.25) is 9.59 Å². The molecule has 0 atom stereocenters. The van der Waals surface area contributed by atoms with Gasteiger partial charge in [0.25, 0.3) is 0 Å². The fraction of sp³-hybridized carbons (Fsp3) is 0.136. The van der Waals surface area contributed by atoms with Crippen LogP contribution in [0.5, 0.6) is 5.75 Å². The van der Waals surface area contributed by atoms with E-state index >= 15 is 0 Å². The Labute approximate surface area is 173 Å². The number of aromatic nitrogens is 3. The van der Waals surface area contributed by atoms with Gasteiger partial charge in [0.05, 0.1) is 13.3 Å². The van der Waals surface area contributed by atoms with Crippen LogP contribution in [0.2, 0.25) is 0 Å². The molecule has 2 aromatic carbocycles. The van der Waals surface area contributed by atoms with Crippen LogP contribution in [-0.4, -0.2) is 21.6 Å². The van der Waals surface area contributed by atoms with E-state index in [1.807, 2.05) is 6.07 Å². The first-order valence-electron chi connectivity index (χ1n) is 9.24. The zero-order valence-corrected chi connectivity index (χ0v) is 16.3. The smallest absolute Gasteiger partial charge is 0.315 e. The maximum atomic E-state index is 13.7. The number of hydrogen-bond acceptors (Lipinski definition) is 4. The Morgan fingerprint density at radius 1 is 1.06 bits per heavy atom. The molecule has 0 spiro atoms. The summed E-state index contributed by atoms with van der Waals surface area (Å²) < 4.78 is 47.2. The van der Waals surface area contributed by atoms with E-state index in [-0.39, 0.29) is 29.8 Å². The zero-order valence-electron chi connectivity index (χ0n) is 16.3. The number of aromatic amines is 1. The second-order valence-electron chi connectivity index (χ2n) is 6.91. The Kier molecular flexibility index (Phi) is 5.33. The number of halogens is 3. The van der Waals surface area contributed by atoms with Gasteiger partial charge in [-0.05, 0) is 35.4 Å². The summed E-state index contributed by atoms with van der Waals surface area (Å²) in [6, 6.07) is 10.2. The zero-order chi connectivity index (χ0) is 22.1. The molecule has 0 aliphatic rings. The lowest BCUT2D eigenvalue weighted by molar-refractivity contribution is 0.400. The van der Waals surface area contributed by atoms with Gasteiger partial charge in [-0.25, -0.2) is 13.2 Å². The fourth-order valence-electron chi connectivity index (χ4n) is 3.40. The normalized spacial score (nSPS) is 11.1. The lowest BCUT2D eigenvalue weighted by atomic mass is 10.0. The lowest BCUT2D eigenvalue weighted by Crippen LogP contribution is -2.20. The van der Waals surface area contributed by atoms with Gasteiger partial charge in [-0.15, -0.1) is 0 Å². The molecule has 0 saturated heterocycles. The molecule has 4 rings (SSSR count). The van der Waals surface area contributed by atoms with Crippen molar-refractivity contribution in [3.8, 4) is 5.75 Å². The summed E-state index contributed by atoms with van der Waals surface area (Å²) in [6.45, 7) is -0.0747. The Morgan fingerprint density at radius 2 is 1.81 bits per heavy atom. The van der Waals surface area contributed by atoms with E-state index in [0.29, 0.717) is 11.3 Å². The van der Waals surface area contributed by atoms with E-state index in [2.05, 4.69) is 9.97 Å². The third-order valence-corrected chi connectivity index (χ3v) is 4.87. The summed E-state index contributed by atoms with van der Waals surface area (Å²) >= 11 is 0. The van der Waals surface area contributed by atoms with E-state index < -0.39 is 23.0 Å². The molecule has 0 aliphatic heterocycles. The molecular weight excluding hydrogens is 411 g/mol. The Balaban J connectivity index is 1.80. The van der Waals surface area contributed by atoms with Crippen molar-refractivity contribution in [1.29, 1.82) is 0 Å². The van der Waals surface area contributed by atoms with Gasteiger partial charge in [0.2, 0.25) is 11.3 Å². The number of benzene rings is 2. The molecule has 0 radical (unpaired) electrons. The molecule has 9 heteroatoms. The van der Waals surface area contributed by atoms with Crippen LogP contribution >= 0.6 is 0 Å². The van der Waals surface area contributed by atoms with Gasteiger partial charge in [0.15, 0.2) is 17.5 Å². The highest BCUT2D eigenvalue weighted by molar-refractivity contribution is 5.82. The number of H-pyrrole nitrogens is 1. The first-order chi connectivity index (χ1) is 14.9. The molecule has 158 valence electrons. The molecule has 31 heavy (non-hydrogen) atoms. The van der Waals surface area contributed by atoms with Gasteiger partial charge in [0, 0.05) is 29.9 Å². The molecule has 0 saturated carbocycles. The molecule has 4 aromatic rings. The maximum Gasteiger partial charge on any atom is 0.315 e. The van der Waals surface area contributed by atoms with Gasteiger partial charge in [-0.1, -0.05) is 12.1 Å². The number of hydrogen-bond donors (Lipinski definition) is 1. The van der Waals surface area contributed by atoms with Crippen molar-refractivity contribution in [2.24, 2.45) is 0 Å². The van der Waals surface area contributed by atoms with Crippen LogP contribution in [0.1, 0.15) is 17.0 Å². The SMILES string of the molecule is COc1cn(Cc2cc(F)c(F)c(F)c2)c(Cc2cccc3[nH]c(=O)ccc23)nc1=O. The summed E-state index contributed by atoms with van der Waals surface area (Å²) in [5, 5.41) is 0.762. The molecular formula is C22H16F3N3O3. The summed E-state index contributed by atoms with van der Waals surface area (Å²) in [5.74, 6) is -3.92. The van der Waals surface area contributed by atoms with Crippen LogP contribution in [0.4, 0.5) is 13.2 Å². The van der Waals surface area contributed by atoms with Gasteiger partial charge in [-0.2, -0.15) is 4.98 Å². The largest absolute Gasteiger partial charge is 0.490 e. The van der Waals surface area contributed by atoms with E-state index in [1.165, 1.54) is 23.9 Å². The van der Waals surface area contributed by atoms with Crippen molar-refractivity contribution in [2.45, 2.75) is 13.0 Å². The first kappa shape index (κ1) is 20.4. The van der Waals surface area contributed by atoms with Crippen molar-refractivity contribution in [2.75, 3.05) is 7.11 Å². The third-order valence-electron chi connectivity index (χ3n) is 4.87. The lowest BCUT2D eigenvalue weighted by Gasteiger charge is -2.15. The molecule has 1 N–H and O–H groups in total. The average Bonchev–Trinajstić information content (AvgIpc) is 2.73. The third kappa shape index (κ3) is 4.07. The Hall–Kier alpha value is -3.88. The highest BCUT2D eigenvalue weighted by atomic mass is 19.2. The predicted molar refractivity (Wildman–Crippen MR) is 108 cm³/mol. The molecule has 6 nitrogen and oxygen atoms in total. The van der Waals surface area contributed by atoms with Crippen LogP contribution < -0.4 is 15.9 Å². The number of nitrogens with one attached hydrogen (secondary N) is 1. The topological polar surface area (TPSA) is 77.0 Å². The van der Waals surface area contributed by atoms with Crippen LogP contribution in [0.3, 0.4) is 0 Å². The van der Waals surface area contributed by atoms with Gasteiger partial charge >= 0.3 is 5.56 Å². The minimum Gasteiger partial charge on any atom is -0.490 e. The summed E-state index contributed by atoms with van der Waals surface area (Å²) in [4.78, 5) is 30.7. The van der Waals surface area contributed by atoms with E-state index in [9.17, 15) is 22.8 Å². The van der Waals surface area contributed by atoms with E-state index in [1.54, 1.807) is 18.2 Å². The fourth-order valence-corrected chi connectivity index (χ4v) is 3.40. The summed E-state index contributed by atoms with van der Waals surface area (Å²) in [6.07, 6.45) is 1.58. The summed E-state index contributed by atoms with van der Waals surface area (Å²) in [7, 11) is 1.31. The highest BCUT2D eigenvalue weighted by Gasteiger charge is 2.15. The molecule has 0 unspecified atom stereocenters. The molecule has 0 fully saturated rings. The van der Waals surface area contributed by atoms with E-state index in [0.717, 1.165) is 23.1 Å². The number of rotatable bonds is 5. The van der Waals surface area contributed by atoms with Crippen molar-refractivity contribution in [3.63, 3.8) is 0 Å². The molecule has 2 heterocycles. The Bertz CT molecular complexity index is 1390. The number of ether oxygens (including phenoxy) is 1. The number of nitrogens with zero attached hydrogens (tertiary/aromatic N) is 2.